The van der Waals surface area contributed by atoms with Crippen LogP contribution in [0.1, 0.15) is 19.5 Å². The molecule has 1 saturated heterocycles. The smallest absolute Gasteiger partial charge is 0.258 e. The molecule has 2 atom stereocenters. The molecule has 0 radical (unpaired) electrons. The molecule has 1 aromatic carbocycles. The molecule has 0 aliphatic carbocycles. The van der Waals surface area contributed by atoms with Crippen LogP contribution in [0.25, 0.3) is 0 Å². The monoisotopic (exact) mass is 418 g/mol. The van der Waals surface area contributed by atoms with Gasteiger partial charge in [0.25, 0.3) is 5.91 Å². The fourth-order valence-electron chi connectivity index (χ4n) is 3.14. The first-order valence-corrected chi connectivity index (χ1v) is 10.4. The van der Waals surface area contributed by atoms with Crippen LogP contribution in [0.4, 0.5) is 5.13 Å². The quantitative estimate of drug-likeness (QED) is 0.680. The highest BCUT2D eigenvalue weighted by Crippen LogP contribution is 2.19. The minimum absolute atomic E-state index is 0.135. The van der Waals surface area contributed by atoms with Gasteiger partial charge in [0, 0.05) is 25.0 Å². The number of nitrogens with zero attached hydrogens (tertiary/aromatic N) is 2. The molecule has 2 aromatic rings. The summed E-state index contributed by atoms with van der Waals surface area (Å²) in [4.78, 5) is 30.6. The molecule has 2 heterocycles. The average molecular weight is 419 g/mol. The van der Waals surface area contributed by atoms with Crippen molar-refractivity contribution in [2.75, 3.05) is 31.6 Å². The topological polar surface area (TPSA) is 92.8 Å². The summed E-state index contributed by atoms with van der Waals surface area (Å²) in [5.74, 6) is -0.0848. The molecule has 2 amide bonds. The summed E-state index contributed by atoms with van der Waals surface area (Å²) in [6.45, 7) is 6.29. The highest BCUT2D eigenvalue weighted by molar-refractivity contribution is 7.13. The predicted molar refractivity (Wildman–Crippen MR) is 111 cm³/mol. The largest absolute Gasteiger partial charge is 0.484 e. The van der Waals surface area contributed by atoms with Crippen molar-refractivity contribution in [1.82, 2.24) is 15.2 Å². The zero-order valence-electron chi connectivity index (χ0n) is 16.6. The van der Waals surface area contributed by atoms with Crippen LogP contribution in [0.15, 0.2) is 35.7 Å². The number of morpholine rings is 1. The summed E-state index contributed by atoms with van der Waals surface area (Å²) < 4.78 is 11.1. The van der Waals surface area contributed by atoms with Crippen molar-refractivity contribution in [3.63, 3.8) is 0 Å². The van der Waals surface area contributed by atoms with E-state index in [1.807, 2.05) is 23.6 Å². The molecule has 29 heavy (non-hydrogen) atoms. The number of carbonyl (C=O) groups is 2. The Bertz CT molecular complexity index is 804. The van der Waals surface area contributed by atoms with Gasteiger partial charge in [-0.25, -0.2) is 4.98 Å². The first kappa shape index (κ1) is 21.2. The Kier molecular flexibility index (Phi) is 7.56. The molecule has 2 N–H and O–H groups in total. The van der Waals surface area contributed by atoms with Crippen LogP contribution in [-0.2, 0) is 20.9 Å². The molecule has 8 nitrogen and oxygen atoms in total. The van der Waals surface area contributed by atoms with Gasteiger partial charge in [-0.1, -0.05) is 18.2 Å². The number of anilines is 1. The van der Waals surface area contributed by atoms with Crippen LogP contribution in [0.3, 0.4) is 0 Å². The standard InChI is InChI=1S/C20H26N4O4S/c1-14-9-24(10-15(2)28-14)11-16-13-29-20(22-16)23-18(25)8-21-19(26)12-27-17-6-4-3-5-7-17/h3-7,13-15H,8-12H2,1-2H3,(H,21,26)(H,22,23,25). The molecule has 1 aliphatic rings. The maximum Gasteiger partial charge on any atom is 0.258 e. The van der Waals surface area contributed by atoms with Crippen LogP contribution >= 0.6 is 11.3 Å². The highest BCUT2D eigenvalue weighted by Gasteiger charge is 2.22. The lowest BCUT2D eigenvalue weighted by molar-refractivity contribution is -0.125. The highest BCUT2D eigenvalue weighted by atomic mass is 32.1. The third-order valence-corrected chi connectivity index (χ3v) is 5.04. The Morgan fingerprint density at radius 2 is 1.93 bits per heavy atom. The van der Waals surface area contributed by atoms with E-state index in [2.05, 4.69) is 34.4 Å². The van der Waals surface area contributed by atoms with Crippen molar-refractivity contribution in [2.45, 2.75) is 32.6 Å². The Hall–Kier alpha value is -2.49. The third kappa shape index (κ3) is 7.12. The van der Waals surface area contributed by atoms with Gasteiger partial charge in [0.2, 0.25) is 5.91 Å². The van der Waals surface area contributed by atoms with E-state index in [0.29, 0.717) is 10.9 Å². The molecule has 9 heteroatoms. The van der Waals surface area contributed by atoms with Crippen LogP contribution in [0, 0.1) is 0 Å². The van der Waals surface area contributed by atoms with Gasteiger partial charge in [0.15, 0.2) is 11.7 Å². The van der Waals surface area contributed by atoms with E-state index < -0.39 is 0 Å². The second-order valence-electron chi connectivity index (χ2n) is 7.02. The minimum Gasteiger partial charge on any atom is -0.484 e. The normalized spacial score (nSPS) is 19.5. The second-order valence-corrected chi connectivity index (χ2v) is 7.88. The number of nitrogens with one attached hydrogen (secondary N) is 2. The minimum atomic E-state index is -0.362. The summed E-state index contributed by atoms with van der Waals surface area (Å²) in [6.07, 6.45) is 0.400. The fraction of sp³-hybridized carbons (Fsp3) is 0.450. The van der Waals surface area contributed by atoms with Crippen LogP contribution in [0.2, 0.25) is 0 Å². The van der Waals surface area contributed by atoms with Crippen LogP contribution in [-0.4, -0.2) is 60.1 Å². The molecule has 2 unspecified atom stereocenters. The van der Waals surface area contributed by atoms with E-state index in [0.717, 1.165) is 25.3 Å². The Labute approximate surface area is 174 Å². The average Bonchev–Trinajstić information content (AvgIpc) is 3.11. The summed E-state index contributed by atoms with van der Waals surface area (Å²) >= 11 is 1.37. The number of benzene rings is 1. The number of rotatable bonds is 8. The molecule has 1 fully saturated rings. The van der Waals surface area contributed by atoms with Crippen molar-refractivity contribution in [2.24, 2.45) is 0 Å². The van der Waals surface area contributed by atoms with Crippen molar-refractivity contribution in [3.8, 4) is 5.75 Å². The predicted octanol–water partition coefficient (Wildman–Crippen LogP) is 1.89. The van der Waals surface area contributed by atoms with E-state index in [4.69, 9.17) is 9.47 Å². The molecule has 1 aliphatic heterocycles. The lowest BCUT2D eigenvalue weighted by Crippen LogP contribution is -2.44. The Balaban J connectivity index is 1.38. The summed E-state index contributed by atoms with van der Waals surface area (Å²) in [5, 5.41) is 7.71. The second kappa shape index (κ2) is 10.3. The lowest BCUT2D eigenvalue weighted by Gasteiger charge is -2.34. The molecule has 0 bridgehead atoms. The van der Waals surface area contributed by atoms with E-state index >= 15 is 0 Å². The van der Waals surface area contributed by atoms with Gasteiger partial charge >= 0.3 is 0 Å². The molecule has 156 valence electrons. The molecule has 0 saturated carbocycles. The molecule has 0 spiro atoms. The Morgan fingerprint density at radius 1 is 1.21 bits per heavy atom. The van der Waals surface area contributed by atoms with Gasteiger partial charge in [0.1, 0.15) is 5.75 Å². The van der Waals surface area contributed by atoms with Crippen molar-refractivity contribution in [1.29, 1.82) is 0 Å². The van der Waals surface area contributed by atoms with Crippen molar-refractivity contribution < 1.29 is 19.1 Å². The zero-order valence-corrected chi connectivity index (χ0v) is 17.4. The van der Waals surface area contributed by atoms with E-state index in [-0.39, 0.29) is 37.2 Å². The first-order valence-electron chi connectivity index (χ1n) is 9.54. The number of amides is 2. The van der Waals surface area contributed by atoms with E-state index in [1.165, 1.54) is 11.3 Å². The number of para-hydroxylation sites is 1. The van der Waals surface area contributed by atoms with E-state index in [1.54, 1.807) is 12.1 Å². The molecule has 3 rings (SSSR count). The van der Waals surface area contributed by atoms with Gasteiger partial charge in [0.05, 0.1) is 24.4 Å². The Morgan fingerprint density at radius 3 is 2.66 bits per heavy atom. The van der Waals surface area contributed by atoms with E-state index in [9.17, 15) is 9.59 Å². The van der Waals surface area contributed by atoms with Gasteiger partial charge < -0.3 is 20.1 Å². The van der Waals surface area contributed by atoms with Crippen LogP contribution < -0.4 is 15.4 Å². The number of hydrogen-bond acceptors (Lipinski definition) is 7. The first-order chi connectivity index (χ1) is 14.0. The zero-order chi connectivity index (χ0) is 20.6. The van der Waals surface area contributed by atoms with Crippen molar-refractivity contribution >= 4 is 28.3 Å². The maximum atomic E-state index is 12.0. The fourth-order valence-corrected chi connectivity index (χ4v) is 3.86. The number of hydrogen-bond donors (Lipinski definition) is 2. The molecular formula is C20H26N4O4S. The maximum absolute atomic E-state index is 12.0. The molecular weight excluding hydrogens is 392 g/mol. The van der Waals surface area contributed by atoms with Gasteiger partial charge in [-0.15, -0.1) is 11.3 Å². The number of aromatic nitrogens is 1. The summed E-state index contributed by atoms with van der Waals surface area (Å²) in [7, 11) is 0. The number of carbonyl (C=O) groups excluding carboxylic acids is 2. The SMILES string of the molecule is CC1CN(Cc2csc(NC(=O)CNC(=O)COc3ccccc3)n2)CC(C)O1. The van der Waals surface area contributed by atoms with Crippen molar-refractivity contribution in [3.05, 3.63) is 41.4 Å². The number of thiazole rings is 1. The summed E-state index contributed by atoms with van der Waals surface area (Å²) in [5.41, 5.74) is 0.909. The third-order valence-electron chi connectivity index (χ3n) is 4.24. The molecule has 1 aromatic heterocycles. The van der Waals surface area contributed by atoms with Crippen LogP contribution in [0.5, 0.6) is 5.75 Å². The van der Waals surface area contributed by atoms with Gasteiger partial charge in [-0.3, -0.25) is 14.5 Å². The lowest BCUT2D eigenvalue weighted by atomic mass is 10.2. The van der Waals surface area contributed by atoms with Gasteiger partial charge in [-0.05, 0) is 26.0 Å². The number of ether oxygens (including phenoxy) is 2. The summed E-state index contributed by atoms with van der Waals surface area (Å²) in [6, 6.07) is 9.03. The van der Waals surface area contributed by atoms with Gasteiger partial charge in [-0.2, -0.15) is 0 Å².